The lowest BCUT2D eigenvalue weighted by Gasteiger charge is -2.36. The molecule has 0 atom stereocenters. The van der Waals surface area contributed by atoms with Crippen LogP contribution in [0.4, 0.5) is 5.69 Å². The molecule has 1 aliphatic heterocycles. The summed E-state index contributed by atoms with van der Waals surface area (Å²) < 4.78 is 4.74. The molecule has 1 fully saturated rings. The summed E-state index contributed by atoms with van der Waals surface area (Å²) in [6.45, 7) is 6.17. The molecule has 0 aromatic heterocycles. The van der Waals surface area contributed by atoms with Gasteiger partial charge in [-0.2, -0.15) is 0 Å². The Labute approximate surface area is 119 Å². The van der Waals surface area contributed by atoms with Crippen molar-refractivity contribution in [3.05, 3.63) is 29.8 Å². The van der Waals surface area contributed by atoms with Crippen molar-refractivity contribution in [3.8, 4) is 0 Å². The Morgan fingerprint density at radius 2 is 1.80 bits per heavy atom. The van der Waals surface area contributed by atoms with Crippen LogP contribution in [0.3, 0.4) is 0 Å². The zero-order chi connectivity index (χ0) is 14.5. The fourth-order valence-corrected chi connectivity index (χ4v) is 2.37. The number of aryl methyl sites for hydroxylation is 1. The Kier molecular flexibility index (Phi) is 4.61. The number of hydrogen-bond acceptors (Lipinski definition) is 4. The maximum atomic E-state index is 11.8. The molecule has 0 N–H and O–H groups in total. The van der Waals surface area contributed by atoms with Crippen molar-refractivity contribution in [2.24, 2.45) is 0 Å². The number of amides is 1. The van der Waals surface area contributed by atoms with Crippen LogP contribution in [-0.2, 0) is 14.3 Å². The first-order chi connectivity index (χ1) is 9.58. The van der Waals surface area contributed by atoms with E-state index in [0.29, 0.717) is 13.1 Å². The van der Waals surface area contributed by atoms with Crippen molar-refractivity contribution in [1.82, 2.24) is 4.90 Å². The highest BCUT2D eigenvalue weighted by atomic mass is 16.5. The van der Waals surface area contributed by atoms with Gasteiger partial charge in [0.2, 0.25) is 0 Å². The molecule has 1 aliphatic rings. The third-order valence-electron chi connectivity index (χ3n) is 3.49. The first-order valence-electron chi connectivity index (χ1n) is 6.79. The maximum absolute atomic E-state index is 11.8. The highest BCUT2D eigenvalue weighted by molar-refractivity contribution is 5.80. The van der Waals surface area contributed by atoms with Gasteiger partial charge in [-0.15, -0.1) is 0 Å². The molecule has 5 nitrogen and oxygen atoms in total. The minimum absolute atomic E-state index is 0.121. The molecule has 1 aromatic carbocycles. The van der Waals surface area contributed by atoms with Gasteiger partial charge < -0.3 is 14.5 Å². The van der Waals surface area contributed by atoms with Crippen molar-refractivity contribution in [3.63, 3.8) is 0 Å². The molecule has 0 unspecified atom stereocenters. The monoisotopic (exact) mass is 276 g/mol. The summed E-state index contributed by atoms with van der Waals surface area (Å²) >= 11 is 0. The van der Waals surface area contributed by atoms with E-state index in [9.17, 15) is 9.59 Å². The second-order valence-corrected chi connectivity index (χ2v) is 4.93. The van der Waals surface area contributed by atoms with Crippen LogP contribution in [0.15, 0.2) is 24.3 Å². The number of nitrogens with zero attached hydrogens (tertiary/aromatic N) is 2. The molecular formula is C15H20N2O3. The molecular weight excluding hydrogens is 256 g/mol. The zero-order valence-electron chi connectivity index (χ0n) is 12.0. The number of rotatable bonds is 3. The summed E-state index contributed by atoms with van der Waals surface area (Å²) in [5.41, 5.74) is 2.46. The van der Waals surface area contributed by atoms with Gasteiger partial charge in [-0.25, -0.2) is 0 Å². The molecule has 1 aromatic rings. The number of benzene rings is 1. The molecule has 1 heterocycles. The van der Waals surface area contributed by atoms with Crippen LogP contribution in [-0.4, -0.2) is 49.6 Å². The lowest BCUT2D eigenvalue weighted by molar-refractivity contribution is -0.150. The number of ether oxygens (including phenoxy) is 1. The second kappa shape index (κ2) is 6.41. The van der Waals surface area contributed by atoms with Crippen molar-refractivity contribution in [1.29, 1.82) is 0 Å². The number of piperazine rings is 1. The summed E-state index contributed by atoms with van der Waals surface area (Å²) in [4.78, 5) is 26.6. The van der Waals surface area contributed by atoms with Crippen LogP contribution in [0.25, 0.3) is 0 Å². The zero-order valence-corrected chi connectivity index (χ0v) is 12.0. The fraction of sp³-hybridized carbons (Fsp3) is 0.467. The van der Waals surface area contributed by atoms with Gasteiger partial charge in [0.05, 0.1) is 0 Å². The van der Waals surface area contributed by atoms with E-state index >= 15 is 0 Å². The SMILES string of the molecule is CC(=O)OCC(=O)N1CCN(c2ccccc2C)CC1. The van der Waals surface area contributed by atoms with E-state index in [1.54, 1.807) is 4.90 Å². The Hall–Kier alpha value is -2.04. The summed E-state index contributed by atoms with van der Waals surface area (Å²) in [5, 5.41) is 0. The summed E-state index contributed by atoms with van der Waals surface area (Å²) in [6, 6.07) is 8.25. The van der Waals surface area contributed by atoms with E-state index in [-0.39, 0.29) is 12.5 Å². The van der Waals surface area contributed by atoms with Crippen LogP contribution in [0.1, 0.15) is 12.5 Å². The highest BCUT2D eigenvalue weighted by Gasteiger charge is 2.22. The van der Waals surface area contributed by atoms with Crippen molar-refractivity contribution in [2.45, 2.75) is 13.8 Å². The third kappa shape index (κ3) is 3.50. The van der Waals surface area contributed by atoms with Gasteiger partial charge in [0, 0.05) is 38.8 Å². The average molecular weight is 276 g/mol. The van der Waals surface area contributed by atoms with Crippen LogP contribution in [0.2, 0.25) is 0 Å². The first-order valence-corrected chi connectivity index (χ1v) is 6.79. The molecule has 0 saturated carbocycles. The molecule has 1 saturated heterocycles. The maximum Gasteiger partial charge on any atom is 0.303 e. The van der Waals surface area contributed by atoms with Crippen LogP contribution in [0, 0.1) is 6.92 Å². The van der Waals surface area contributed by atoms with E-state index < -0.39 is 5.97 Å². The molecule has 0 spiro atoms. The molecule has 1 amide bonds. The van der Waals surface area contributed by atoms with Gasteiger partial charge in [0.1, 0.15) is 0 Å². The van der Waals surface area contributed by atoms with Crippen molar-refractivity contribution in [2.75, 3.05) is 37.7 Å². The van der Waals surface area contributed by atoms with Gasteiger partial charge in [0.25, 0.3) is 5.91 Å². The van der Waals surface area contributed by atoms with Gasteiger partial charge in [0.15, 0.2) is 6.61 Å². The lowest BCUT2D eigenvalue weighted by atomic mass is 10.1. The van der Waals surface area contributed by atoms with E-state index in [1.165, 1.54) is 18.2 Å². The van der Waals surface area contributed by atoms with Crippen molar-refractivity contribution < 1.29 is 14.3 Å². The Bertz CT molecular complexity index is 494. The standard InChI is InChI=1S/C15H20N2O3/c1-12-5-3-4-6-14(12)16-7-9-17(10-8-16)15(19)11-20-13(2)18/h3-6H,7-11H2,1-2H3. The van der Waals surface area contributed by atoms with Gasteiger partial charge in [-0.3, -0.25) is 9.59 Å². The van der Waals surface area contributed by atoms with E-state index in [1.807, 2.05) is 12.1 Å². The van der Waals surface area contributed by atoms with Gasteiger partial charge in [-0.1, -0.05) is 18.2 Å². The second-order valence-electron chi connectivity index (χ2n) is 4.93. The Morgan fingerprint density at radius 3 is 2.40 bits per heavy atom. The van der Waals surface area contributed by atoms with Crippen LogP contribution >= 0.6 is 0 Å². The quantitative estimate of drug-likeness (QED) is 0.779. The van der Waals surface area contributed by atoms with E-state index in [0.717, 1.165) is 13.1 Å². The number of esters is 1. The van der Waals surface area contributed by atoms with Gasteiger partial charge >= 0.3 is 5.97 Å². The molecule has 20 heavy (non-hydrogen) atoms. The van der Waals surface area contributed by atoms with Crippen molar-refractivity contribution >= 4 is 17.6 Å². The number of carbonyl (C=O) groups excluding carboxylic acids is 2. The third-order valence-corrected chi connectivity index (χ3v) is 3.49. The molecule has 0 bridgehead atoms. The minimum Gasteiger partial charge on any atom is -0.456 e. The average Bonchev–Trinajstić information content (AvgIpc) is 2.45. The summed E-state index contributed by atoms with van der Waals surface area (Å²) in [7, 11) is 0. The van der Waals surface area contributed by atoms with E-state index in [4.69, 9.17) is 4.74 Å². The van der Waals surface area contributed by atoms with E-state index in [2.05, 4.69) is 24.0 Å². The van der Waals surface area contributed by atoms with Crippen LogP contribution < -0.4 is 4.90 Å². The normalized spacial score (nSPS) is 15.1. The smallest absolute Gasteiger partial charge is 0.303 e. The number of para-hydroxylation sites is 1. The molecule has 2 rings (SSSR count). The predicted molar refractivity (Wildman–Crippen MR) is 76.6 cm³/mol. The summed E-state index contributed by atoms with van der Waals surface area (Å²) in [6.07, 6.45) is 0. The first kappa shape index (κ1) is 14.4. The van der Waals surface area contributed by atoms with Crippen LogP contribution in [0.5, 0.6) is 0 Å². The fourth-order valence-electron chi connectivity index (χ4n) is 2.37. The van der Waals surface area contributed by atoms with Gasteiger partial charge in [-0.05, 0) is 18.6 Å². The predicted octanol–water partition coefficient (Wildman–Crippen LogP) is 1.21. The molecule has 108 valence electrons. The number of anilines is 1. The number of carbonyl (C=O) groups is 2. The molecule has 5 heteroatoms. The summed E-state index contributed by atoms with van der Waals surface area (Å²) in [5.74, 6) is -0.540. The Balaban J connectivity index is 1.88. The molecule has 0 aliphatic carbocycles. The largest absolute Gasteiger partial charge is 0.456 e. The lowest BCUT2D eigenvalue weighted by Crippen LogP contribution is -2.50. The molecule has 0 radical (unpaired) electrons. The number of hydrogen-bond donors (Lipinski definition) is 0. The minimum atomic E-state index is -0.420. The Morgan fingerprint density at radius 1 is 1.15 bits per heavy atom. The highest BCUT2D eigenvalue weighted by Crippen LogP contribution is 2.20. The topological polar surface area (TPSA) is 49.9 Å².